The minimum Gasteiger partial charge on any atom is -0.486 e. The van der Waals surface area contributed by atoms with Gasteiger partial charge in [-0.1, -0.05) is 6.07 Å². The van der Waals surface area contributed by atoms with E-state index in [1.54, 1.807) is 25.1 Å². The van der Waals surface area contributed by atoms with Crippen molar-refractivity contribution < 1.29 is 27.5 Å². The molecule has 0 saturated heterocycles. The minimum absolute atomic E-state index is 0.391. The third-order valence-electron chi connectivity index (χ3n) is 2.56. The van der Waals surface area contributed by atoms with Crippen molar-refractivity contribution in [1.82, 2.24) is 5.48 Å². The van der Waals surface area contributed by atoms with Gasteiger partial charge in [0.25, 0.3) is 0 Å². The molecule has 0 spiro atoms. The molecule has 1 aromatic carbocycles. The number of rotatable bonds is 4. The Kier molecular flexibility index (Phi) is 4.16. The van der Waals surface area contributed by atoms with Gasteiger partial charge in [-0.3, -0.25) is 4.84 Å². The monoisotopic (exact) mass is 277 g/mol. The normalized spacial score (nSPS) is 16.2. The second-order valence-corrected chi connectivity index (χ2v) is 4.15. The Morgan fingerprint density at radius 3 is 2.63 bits per heavy atom. The van der Waals surface area contributed by atoms with Gasteiger partial charge >= 0.3 is 6.18 Å². The number of fused-ring (bicyclic) bond motifs is 1. The highest BCUT2D eigenvalue weighted by Crippen LogP contribution is 2.32. The summed E-state index contributed by atoms with van der Waals surface area (Å²) in [6.07, 6.45) is -4.35. The van der Waals surface area contributed by atoms with E-state index in [4.69, 9.17) is 9.47 Å². The molecule has 1 aliphatic rings. The predicted molar refractivity (Wildman–Crippen MR) is 61.0 cm³/mol. The summed E-state index contributed by atoms with van der Waals surface area (Å²) >= 11 is 0. The molecule has 0 saturated carbocycles. The van der Waals surface area contributed by atoms with Crippen LogP contribution in [-0.2, 0) is 4.84 Å². The fraction of sp³-hybridized carbons (Fsp3) is 0.500. The number of nitrogens with one attached hydrogen (secondary N) is 1. The summed E-state index contributed by atoms with van der Waals surface area (Å²) in [5, 5.41) is 0. The molecular formula is C12H14F3NO3. The number of halogens is 3. The van der Waals surface area contributed by atoms with E-state index in [0.717, 1.165) is 5.56 Å². The third kappa shape index (κ3) is 4.00. The molecule has 0 amide bonds. The molecule has 0 aromatic heterocycles. The summed E-state index contributed by atoms with van der Waals surface area (Å²) in [7, 11) is 0. The van der Waals surface area contributed by atoms with Gasteiger partial charge in [-0.2, -0.15) is 18.7 Å². The number of hydrogen-bond donors (Lipinski definition) is 1. The lowest BCUT2D eigenvalue weighted by Gasteiger charge is -2.21. The summed E-state index contributed by atoms with van der Waals surface area (Å²) in [5.74, 6) is 1.23. The molecule has 7 heteroatoms. The van der Waals surface area contributed by atoms with Gasteiger partial charge in [0.2, 0.25) is 0 Å². The Hall–Kier alpha value is -1.47. The Balaban J connectivity index is 1.94. The number of alkyl halides is 3. The van der Waals surface area contributed by atoms with Crippen LogP contribution >= 0.6 is 0 Å². The summed E-state index contributed by atoms with van der Waals surface area (Å²) in [6.45, 7) is 1.32. The Morgan fingerprint density at radius 2 is 1.95 bits per heavy atom. The van der Waals surface area contributed by atoms with Crippen molar-refractivity contribution in [1.29, 1.82) is 0 Å². The third-order valence-corrected chi connectivity index (χ3v) is 2.56. The summed E-state index contributed by atoms with van der Waals surface area (Å²) in [6, 6.07) is 4.81. The Morgan fingerprint density at radius 1 is 1.26 bits per heavy atom. The zero-order chi connectivity index (χ0) is 13.9. The summed E-state index contributed by atoms with van der Waals surface area (Å²) in [5.41, 5.74) is 3.10. The highest BCUT2D eigenvalue weighted by Gasteiger charge is 2.28. The second kappa shape index (κ2) is 5.66. The van der Waals surface area contributed by atoms with Gasteiger partial charge in [0.1, 0.15) is 13.2 Å². The van der Waals surface area contributed by atoms with Crippen molar-refractivity contribution in [2.24, 2.45) is 0 Å². The zero-order valence-corrected chi connectivity index (χ0v) is 10.3. The SMILES string of the molecule is CC(NOCC(F)(F)F)c1ccc2c(c1)OCCO2. The number of benzene rings is 1. The quantitative estimate of drug-likeness (QED) is 0.859. The van der Waals surface area contributed by atoms with Crippen LogP contribution in [0.4, 0.5) is 13.2 Å². The van der Waals surface area contributed by atoms with Crippen molar-refractivity contribution in [3.05, 3.63) is 23.8 Å². The first-order chi connectivity index (χ1) is 8.96. The standard InChI is InChI=1S/C12H14F3NO3/c1-8(16-19-7-12(13,14)15)9-2-3-10-11(6-9)18-5-4-17-10/h2-3,6,8,16H,4-5,7H2,1H3. The van der Waals surface area contributed by atoms with Crippen molar-refractivity contribution in [3.63, 3.8) is 0 Å². The number of ether oxygens (including phenoxy) is 2. The van der Waals surface area contributed by atoms with E-state index in [2.05, 4.69) is 10.3 Å². The molecule has 0 fully saturated rings. The van der Waals surface area contributed by atoms with Crippen molar-refractivity contribution in [3.8, 4) is 11.5 Å². The molecule has 1 N–H and O–H groups in total. The zero-order valence-electron chi connectivity index (χ0n) is 10.3. The van der Waals surface area contributed by atoms with E-state index in [1.807, 2.05) is 0 Å². The molecule has 1 unspecified atom stereocenters. The maximum Gasteiger partial charge on any atom is 0.413 e. The fourth-order valence-corrected chi connectivity index (χ4v) is 1.65. The van der Waals surface area contributed by atoms with Crippen LogP contribution in [-0.4, -0.2) is 26.0 Å². The molecule has 106 valence electrons. The van der Waals surface area contributed by atoms with E-state index in [0.29, 0.717) is 24.7 Å². The summed E-state index contributed by atoms with van der Waals surface area (Å²) < 4.78 is 46.6. The highest BCUT2D eigenvalue weighted by atomic mass is 19.4. The van der Waals surface area contributed by atoms with Crippen molar-refractivity contribution >= 4 is 0 Å². The first kappa shape index (κ1) is 14.0. The molecule has 0 radical (unpaired) electrons. The Labute approximate surface area is 108 Å². The fourth-order valence-electron chi connectivity index (χ4n) is 1.65. The van der Waals surface area contributed by atoms with Gasteiger partial charge in [0.15, 0.2) is 18.1 Å². The molecule has 1 heterocycles. The van der Waals surface area contributed by atoms with Crippen molar-refractivity contribution in [2.75, 3.05) is 19.8 Å². The minimum atomic E-state index is -4.35. The smallest absolute Gasteiger partial charge is 0.413 e. The van der Waals surface area contributed by atoms with Gasteiger partial charge in [-0.05, 0) is 24.6 Å². The van der Waals surface area contributed by atoms with Crippen LogP contribution in [0.3, 0.4) is 0 Å². The van der Waals surface area contributed by atoms with E-state index in [1.165, 1.54) is 0 Å². The predicted octanol–water partition coefficient (Wildman–Crippen LogP) is 2.60. The van der Waals surface area contributed by atoms with Gasteiger partial charge in [-0.25, -0.2) is 0 Å². The van der Waals surface area contributed by atoms with E-state index in [-0.39, 0.29) is 0 Å². The van der Waals surface area contributed by atoms with Gasteiger partial charge < -0.3 is 9.47 Å². The summed E-state index contributed by atoms with van der Waals surface area (Å²) in [4.78, 5) is 4.41. The molecule has 19 heavy (non-hydrogen) atoms. The molecule has 2 rings (SSSR count). The molecule has 0 bridgehead atoms. The lowest BCUT2D eigenvalue weighted by molar-refractivity contribution is -0.192. The highest BCUT2D eigenvalue weighted by molar-refractivity contribution is 5.44. The molecule has 4 nitrogen and oxygen atoms in total. The van der Waals surface area contributed by atoms with Gasteiger partial charge in [0.05, 0.1) is 6.04 Å². The van der Waals surface area contributed by atoms with Crippen LogP contribution in [0.15, 0.2) is 18.2 Å². The van der Waals surface area contributed by atoms with Gasteiger partial charge in [0, 0.05) is 0 Å². The first-order valence-corrected chi connectivity index (χ1v) is 5.79. The van der Waals surface area contributed by atoms with Crippen LogP contribution < -0.4 is 15.0 Å². The first-order valence-electron chi connectivity index (χ1n) is 5.79. The maximum absolute atomic E-state index is 11.9. The van der Waals surface area contributed by atoms with Crippen LogP contribution in [0, 0.1) is 0 Å². The maximum atomic E-state index is 11.9. The molecule has 1 atom stereocenters. The molecule has 0 aliphatic carbocycles. The van der Waals surface area contributed by atoms with Crippen molar-refractivity contribution in [2.45, 2.75) is 19.1 Å². The second-order valence-electron chi connectivity index (χ2n) is 4.15. The van der Waals surface area contributed by atoms with E-state index in [9.17, 15) is 13.2 Å². The van der Waals surface area contributed by atoms with Crippen LogP contribution in [0.5, 0.6) is 11.5 Å². The number of hydroxylamine groups is 1. The van der Waals surface area contributed by atoms with Gasteiger partial charge in [-0.15, -0.1) is 0 Å². The van der Waals surface area contributed by atoms with Crippen LogP contribution in [0.2, 0.25) is 0 Å². The lowest BCUT2D eigenvalue weighted by Crippen LogP contribution is -2.27. The van der Waals surface area contributed by atoms with E-state index >= 15 is 0 Å². The van der Waals surface area contributed by atoms with E-state index < -0.39 is 18.8 Å². The molecule has 1 aliphatic heterocycles. The topological polar surface area (TPSA) is 39.7 Å². The van der Waals surface area contributed by atoms with Crippen LogP contribution in [0.1, 0.15) is 18.5 Å². The van der Waals surface area contributed by atoms with Crippen LogP contribution in [0.25, 0.3) is 0 Å². The Bertz CT molecular complexity index is 437. The molecular weight excluding hydrogens is 263 g/mol. The lowest BCUT2D eigenvalue weighted by atomic mass is 10.1. The number of hydrogen-bond acceptors (Lipinski definition) is 4. The molecule has 1 aromatic rings. The average molecular weight is 277 g/mol. The average Bonchev–Trinajstić information content (AvgIpc) is 2.36. The largest absolute Gasteiger partial charge is 0.486 e.